The van der Waals surface area contributed by atoms with Crippen molar-refractivity contribution in [2.45, 2.75) is 161 Å². The minimum absolute atomic E-state index is 0.374. The third-order valence-electron chi connectivity index (χ3n) is 6.22. The minimum Gasteiger partial charge on any atom is -0.396 e. The summed E-state index contributed by atoms with van der Waals surface area (Å²) in [5.41, 5.74) is 0. The zero-order chi connectivity index (χ0) is 21.8. The van der Waals surface area contributed by atoms with Crippen LogP contribution in [0.1, 0.15) is 161 Å². The Morgan fingerprint density at radius 1 is 0.400 bits per heavy atom. The van der Waals surface area contributed by atoms with E-state index in [0.29, 0.717) is 6.61 Å². The van der Waals surface area contributed by atoms with Crippen molar-refractivity contribution in [3.05, 3.63) is 0 Å². The highest BCUT2D eigenvalue weighted by molar-refractivity contribution is 4.51. The van der Waals surface area contributed by atoms with Crippen molar-refractivity contribution < 1.29 is 9.84 Å². The Morgan fingerprint density at radius 3 is 0.767 bits per heavy atom. The number of rotatable bonds is 24. The summed E-state index contributed by atoms with van der Waals surface area (Å²) in [6.07, 6.45) is 34.1. The van der Waals surface area contributed by atoms with E-state index in [1.807, 2.05) is 0 Å². The van der Waals surface area contributed by atoms with Gasteiger partial charge in [-0.3, -0.25) is 0 Å². The molecular formula is C28H58O2. The molecule has 1 aliphatic rings. The van der Waals surface area contributed by atoms with E-state index in [1.165, 1.54) is 148 Å². The van der Waals surface area contributed by atoms with Crippen LogP contribution in [0.5, 0.6) is 0 Å². The lowest BCUT2D eigenvalue weighted by Crippen LogP contribution is -1.85. The molecule has 0 spiro atoms. The molecule has 1 heterocycles. The van der Waals surface area contributed by atoms with Crippen molar-refractivity contribution in [1.82, 2.24) is 0 Å². The summed E-state index contributed by atoms with van der Waals surface area (Å²) >= 11 is 0. The second-order valence-electron chi connectivity index (χ2n) is 9.47. The largest absolute Gasteiger partial charge is 0.396 e. The molecule has 0 aromatic rings. The molecular weight excluding hydrogens is 368 g/mol. The van der Waals surface area contributed by atoms with Crippen LogP contribution in [-0.4, -0.2) is 24.9 Å². The van der Waals surface area contributed by atoms with Crippen LogP contribution in [0.2, 0.25) is 0 Å². The van der Waals surface area contributed by atoms with Gasteiger partial charge in [0.1, 0.15) is 0 Å². The van der Waals surface area contributed by atoms with Crippen LogP contribution in [0.15, 0.2) is 0 Å². The number of epoxide rings is 1. The molecule has 182 valence electrons. The van der Waals surface area contributed by atoms with Crippen molar-refractivity contribution in [3.63, 3.8) is 0 Å². The number of hydrogen-bond donors (Lipinski definition) is 1. The van der Waals surface area contributed by atoms with Crippen LogP contribution < -0.4 is 0 Å². The Kier molecular flexibility index (Phi) is 28.8. The second-order valence-corrected chi connectivity index (χ2v) is 9.47. The van der Waals surface area contributed by atoms with Gasteiger partial charge in [-0.05, 0) is 6.42 Å². The average molecular weight is 427 g/mol. The first-order chi connectivity index (χ1) is 14.9. The van der Waals surface area contributed by atoms with Crippen molar-refractivity contribution in [2.24, 2.45) is 0 Å². The molecule has 1 fully saturated rings. The van der Waals surface area contributed by atoms with E-state index < -0.39 is 0 Å². The van der Waals surface area contributed by atoms with Gasteiger partial charge in [-0.2, -0.15) is 0 Å². The molecule has 0 aromatic heterocycles. The summed E-state index contributed by atoms with van der Waals surface area (Å²) < 4.78 is 4.50. The first-order valence-electron chi connectivity index (χ1n) is 14.1. The van der Waals surface area contributed by atoms with Gasteiger partial charge in [0.15, 0.2) is 0 Å². The lowest BCUT2D eigenvalue weighted by Gasteiger charge is -2.04. The van der Waals surface area contributed by atoms with Crippen LogP contribution in [0, 0.1) is 0 Å². The van der Waals surface area contributed by atoms with Crippen LogP contribution in [-0.2, 0) is 4.74 Å². The van der Waals surface area contributed by atoms with Crippen molar-refractivity contribution >= 4 is 0 Å². The zero-order valence-corrected chi connectivity index (χ0v) is 20.9. The molecule has 0 aromatic carbocycles. The second kappa shape index (κ2) is 28.9. The normalized spacial score (nSPS) is 12.6. The van der Waals surface area contributed by atoms with Gasteiger partial charge < -0.3 is 9.84 Å². The molecule has 2 nitrogen and oxygen atoms in total. The first-order valence-corrected chi connectivity index (χ1v) is 14.1. The average Bonchev–Trinajstić information content (AvgIpc) is 3.64. The molecule has 1 saturated heterocycles. The summed E-state index contributed by atoms with van der Waals surface area (Å²) in [6, 6.07) is 0. The van der Waals surface area contributed by atoms with Crippen LogP contribution >= 0.6 is 0 Å². The summed E-state index contributed by atoms with van der Waals surface area (Å²) in [7, 11) is 0. The fourth-order valence-electron chi connectivity index (χ4n) is 4.07. The predicted octanol–water partition coefficient (Wildman–Crippen LogP) is 9.38. The molecule has 1 aliphatic heterocycles. The maximum atomic E-state index is 8.74. The van der Waals surface area contributed by atoms with Gasteiger partial charge in [-0.25, -0.2) is 0 Å². The highest BCUT2D eigenvalue weighted by atomic mass is 16.6. The molecule has 0 saturated carbocycles. The van der Waals surface area contributed by atoms with Gasteiger partial charge in [0.05, 0.1) is 13.2 Å². The van der Waals surface area contributed by atoms with Crippen LogP contribution in [0.4, 0.5) is 0 Å². The Hall–Kier alpha value is -0.0800. The predicted molar refractivity (Wildman–Crippen MR) is 134 cm³/mol. The van der Waals surface area contributed by atoms with Gasteiger partial charge in [0, 0.05) is 6.61 Å². The SMILES string of the molecule is C1CO1.CCCCCCCCCCCCCCCCCCCCCCCCCCO. The third kappa shape index (κ3) is 32.6. The van der Waals surface area contributed by atoms with E-state index in [1.54, 1.807) is 0 Å². The van der Waals surface area contributed by atoms with E-state index in [9.17, 15) is 0 Å². The molecule has 0 unspecified atom stereocenters. The summed E-state index contributed by atoms with van der Waals surface area (Å²) in [6.45, 7) is 4.67. The van der Waals surface area contributed by atoms with Crippen LogP contribution in [0.25, 0.3) is 0 Å². The number of ether oxygens (including phenoxy) is 1. The molecule has 0 bridgehead atoms. The number of hydrogen-bond acceptors (Lipinski definition) is 2. The van der Waals surface area contributed by atoms with E-state index >= 15 is 0 Å². The van der Waals surface area contributed by atoms with Gasteiger partial charge >= 0.3 is 0 Å². The summed E-state index contributed by atoms with van der Waals surface area (Å²) in [5.74, 6) is 0. The standard InChI is InChI=1S/C26H54O.C2H4O/c1-2-3-4-5-6-7-8-9-10-11-12-13-14-15-16-17-18-19-20-21-22-23-24-25-26-27;1-2-3-1/h27H,2-26H2,1H3;1-2H2. The first kappa shape index (κ1) is 29.9. The molecule has 0 amide bonds. The Balaban J connectivity index is 0.00000255. The fourth-order valence-corrected chi connectivity index (χ4v) is 4.07. The van der Waals surface area contributed by atoms with Gasteiger partial charge in [0.2, 0.25) is 0 Å². The quantitative estimate of drug-likeness (QED) is 0.123. The molecule has 2 heteroatoms. The minimum atomic E-state index is 0.374. The lowest BCUT2D eigenvalue weighted by atomic mass is 10.0. The van der Waals surface area contributed by atoms with Gasteiger partial charge in [-0.1, -0.05) is 155 Å². The monoisotopic (exact) mass is 426 g/mol. The highest BCUT2D eigenvalue weighted by Crippen LogP contribution is 2.15. The molecule has 30 heavy (non-hydrogen) atoms. The molecule has 0 aliphatic carbocycles. The highest BCUT2D eigenvalue weighted by Gasteiger charge is 1.96. The topological polar surface area (TPSA) is 32.8 Å². The van der Waals surface area contributed by atoms with E-state index in [4.69, 9.17) is 5.11 Å². The van der Waals surface area contributed by atoms with E-state index in [2.05, 4.69) is 11.7 Å². The Labute approximate surface area is 191 Å². The number of unbranched alkanes of at least 4 members (excludes halogenated alkanes) is 23. The molecule has 1 N–H and O–H groups in total. The summed E-state index contributed by atoms with van der Waals surface area (Å²) in [4.78, 5) is 0. The summed E-state index contributed by atoms with van der Waals surface area (Å²) in [5, 5.41) is 8.74. The van der Waals surface area contributed by atoms with E-state index in [-0.39, 0.29) is 0 Å². The number of aliphatic hydroxyl groups is 1. The Bertz CT molecular complexity index is 251. The fraction of sp³-hybridized carbons (Fsp3) is 1.00. The molecule has 0 atom stereocenters. The lowest BCUT2D eigenvalue weighted by molar-refractivity contribution is 0.282. The smallest absolute Gasteiger partial charge is 0.0701 e. The van der Waals surface area contributed by atoms with Crippen molar-refractivity contribution in [1.29, 1.82) is 0 Å². The van der Waals surface area contributed by atoms with Crippen molar-refractivity contribution in [3.8, 4) is 0 Å². The van der Waals surface area contributed by atoms with E-state index in [0.717, 1.165) is 19.6 Å². The maximum absolute atomic E-state index is 8.74. The molecule has 1 rings (SSSR count). The van der Waals surface area contributed by atoms with Gasteiger partial charge in [-0.15, -0.1) is 0 Å². The van der Waals surface area contributed by atoms with Crippen molar-refractivity contribution in [2.75, 3.05) is 19.8 Å². The van der Waals surface area contributed by atoms with Gasteiger partial charge in [0.25, 0.3) is 0 Å². The number of aliphatic hydroxyl groups excluding tert-OH is 1. The third-order valence-corrected chi connectivity index (χ3v) is 6.22. The van der Waals surface area contributed by atoms with Crippen LogP contribution in [0.3, 0.4) is 0 Å². The maximum Gasteiger partial charge on any atom is 0.0701 e. The Morgan fingerprint density at radius 2 is 0.600 bits per heavy atom. The molecule has 0 radical (unpaired) electrons. The zero-order valence-electron chi connectivity index (χ0n) is 20.9.